The predicted octanol–water partition coefficient (Wildman–Crippen LogP) is 15.1. The molecule has 0 radical (unpaired) electrons. The second kappa shape index (κ2) is 45.6. The Morgan fingerprint density at radius 1 is 0.368 bits per heavy atom. The van der Waals surface area contributed by atoms with E-state index < -0.39 is 6.10 Å². The van der Waals surface area contributed by atoms with Gasteiger partial charge >= 0.3 is 17.9 Å². The van der Waals surface area contributed by atoms with E-state index in [1.165, 1.54) is 70.6 Å². The molecule has 0 rings (SSSR count). The van der Waals surface area contributed by atoms with Gasteiger partial charge in [-0.15, -0.1) is 0 Å². The third-order valence-corrected chi connectivity index (χ3v) is 9.70. The molecule has 0 saturated carbocycles. The van der Waals surface area contributed by atoms with Crippen LogP contribution in [-0.4, -0.2) is 37.2 Å². The van der Waals surface area contributed by atoms with Gasteiger partial charge in [-0.25, -0.2) is 0 Å². The molecule has 0 aromatic carbocycles. The number of allylic oxidation sites excluding steroid dienone is 12. The van der Waals surface area contributed by atoms with Crippen LogP contribution in [0.25, 0.3) is 0 Å². The summed E-state index contributed by atoms with van der Waals surface area (Å²) in [5.74, 6) is -0.977. The molecule has 1 atom stereocenters. The number of esters is 3. The quantitative estimate of drug-likeness (QED) is 0.0265. The second-order valence-corrected chi connectivity index (χ2v) is 15.3. The monoisotopic (exact) mass is 795 g/mol. The first-order chi connectivity index (χ1) is 28.0. The summed E-state index contributed by atoms with van der Waals surface area (Å²) in [4.78, 5) is 37.7. The van der Waals surface area contributed by atoms with E-state index in [-0.39, 0.29) is 37.5 Å². The lowest BCUT2D eigenvalue weighted by atomic mass is 10.1. The Bertz CT molecular complexity index is 1100. The number of unbranched alkanes of at least 4 members (excludes halogenated alkanes) is 18. The topological polar surface area (TPSA) is 78.9 Å². The average Bonchev–Trinajstić information content (AvgIpc) is 3.21. The summed E-state index contributed by atoms with van der Waals surface area (Å²) >= 11 is 0. The Balaban J connectivity index is 4.47. The average molecular weight is 795 g/mol. The van der Waals surface area contributed by atoms with Gasteiger partial charge in [0, 0.05) is 19.3 Å². The van der Waals surface area contributed by atoms with E-state index in [9.17, 15) is 14.4 Å². The van der Waals surface area contributed by atoms with E-state index in [0.29, 0.717) is 19.3 Å². The first kappa shape index (κ1) is 53.9. The molecule has 326 valence electrons. The maximum absolute atomic E-state index is 12.7. The molecular weight excluding hydrogens is 709 g/mol. The molecule has 0 fully saturated rings. The second-order valence-electron chi connectivity index (χ2n) is 15.3. The van der Waals surface area contributed by atoms with Gasteiger partial charge < -0.3 is 14.2 Å². The highest BCUT2D eigenvalue weighted by molar-refractivity contribution is 5.71. The highest BCUT2D eigenvalue weighted by Gasteiger charge is 2.19. The molecule has 0 spiro atoms. The molecule has 57 heavy (non-hydrogen) atoms. The number of carbonyl (C=O) groups excluding carboxylic acids is 3. The van der Waals surface area contributed by atoms with Gasteiger partial charge in [-0.2, -0.15) is 0 Å². The molecule has 0 bridgehead atoms. The summed E-state index contributed by atoms with van der Waals surface area (Å²) in [7, 11) is 0. The summed E-state index contributed by atoms with van der Waals surface area (Å²) in [5, 5.41) is 0. The maximum atomic E-state index is 12.7. The van der Waals surface area contributed by atoms with Crippen molar-refractivity contribution in [3.05, 3.63) is 72.9 Å². The van der Waals surface area contributed by atoms with Crippen molar-refractivity contribution in [2.24, 2.45) is 0 Å². The van der Waals surface area contributed by atoms with Crippen molar-refractivity contribution in [1.82, 2.24) is 0 Å². The maximum Gasteiger partial charge on any atom is 0.306 e. The minimum Gasteiger partial charge on any atom is -0.462 e. The minimum atomic E-state index is -0.800. The van der Waals surface area contributed by atoms with Gasteiger partial charge in [-0.3, -0.25) is 14.4 Å². The molecule has 0 N–H and O–H groups in total. The van der Waals surface area contributed by atoms with Crippen LogP contribution in [0.2, 0.25) is 0 Å². The van der Waals surface area contributed by atoms with E-state index in [1.807, 2.05) is 0 Å². The van der Waals surface area contributed by atoms with Crippen LogP contribution < -0.4 is 0 Å². The number of ether oxygens (including phenoxy) is 3. The molecule has 0 aromatic heterocycles. The highest BCUT2D eigenvalue weighted by Crippen LogP contribution is 2.13. The van der Waals surface area contributed by atoms with Crippen molar-refractivity contribution in [2.75, 3.05) is 13.2 Å². The van der Waals surface area contributed by atoms with Crippen molar-refractivity contribution >= 4 is 17.9 Å². The smallest absolute Gasteiger partial charge is 0.306 e. The fraction of sp³-hybridized carbons (Fsp3) is 0.706. The Morgan fingerprint density at radius 2 is 0.702 bits per heavy atom. The zero-order valence-electron chi connectivity index (χ0n) is 37.1. The van der Waals surface area contributed by atoms with Crippen molar-refractivity contribution in [3.63, 3.8) is 0 Å². The van der Waals surface area contributed by atoms with Crippen LogP contribution in [0.5, 0.6) is 0 Å². The van der Waals surface area contributed by atoms with Gasteiger partial charge in [-0.1, -0.05) is 184 Å². The van der Waals surface area contributed by atoms with Crippen LogP contribution in [0, 0.1) is 0 Å². The fourth-order valence-corrected chi connectivity index (χ4v) is 6.18. The first-order valence-electron chi connectivity index (χ1n) is 23.4. The summed E-state index contributed by atoms with van der Waals surface area (Å²) < 4.78 is 16.6. The zero-order valence-corrected chi connectivity index (χ0v) is 37.1. The van der Waals surface area contributed by atoms with Crippen molar-refractivity contribution < 1.29 is 28.6 Å². The lowest BCUT2D eigenvalue weighted by molar-refractivity contribution is -0.167. The fourth-order valence-electron chi connectivity index (χ4n) is 6.18. The number of carbonyl (C=O) groups is 3. The van der Waals surface area contributed by atoms with Crippen LogP contribution in [-0.2, 0) is 28.6 Å². The van der Waals surface area contributed by atoms with Crippen molar-refractivity contribution in [2.45, 2.75) is 219 Å². The Morgan fingerprint density at radius 3 is 1.18 bits per heavy atom. The molecule has 0 amide bonds. The molecule has 6 heteroatoms. The van der Waals surface area contributed by atoms with Crippen LogP contribution in [0.4, 0.5) is 0 Å². The molecule has 6 nitrogen and oxygen atoms in total. The van der Waals surface area contributed by atoms with E-state index in [1.54, 1.807) is 0 Å². The minimum absolute atomic E-state index is 0.0976. The summed E-state index contributed by atoms with van der Waals surface area (Å²) in [6, 6.07) is 0. The predicted molar refractivity (Wildman–Crippen MR) is 242 cm³/mol. The SMILES string of the molecule is CC/C=C\C/C=C\CCCCCCCC(=O)OC(COC(=O)CCC/C=C\C/C=C\C/C=C\C/C=C\CCCCC)COC(=O)CCCCCCCCCCCC. The molecule has 0 heterocycles. The molecule has 0 aromatic rings. The molecule has 0 aliphatic rings. The van der Waals surface area contributed by atoms with Gasteiger partial charge in [0.1, 0.15) is 13.2 Å². The molecule has 0 aliphatic heterocycles. The van der Waals surface area contributed by atoms with E-state index in [0.717, 1.165) is 96.3 Å². The normalized spacial score (nSPS) is 12.7. The first-order valence-corrected chi connectivity index (χ1v) is 23.4. The molecule has 0 saturated heterocycles. The number of hydrogen-bond acceptors (Lipinski definition) is 6. The van der Waals surface area contributed by atoms with Crippen LogP contribution in [0.15, 0.2) is 72.9 Å². The summed E-state index contributed by atoms with van der Waals surface area (Å²) in [5.41, 5.74) is 0. The zero-order chi connectivity index (χ0) is 41.5. The van der Waals surface area contributed by atoms with E-state index >= 15 is 0 Å². The van der Waals surface area contributed by atoms with Gasteiger partial charge in [0.05, 0.1) is 0 Å². The largest absolute Gasteiger partial charge is 0.462 e. The Hall–Kier alpha value is -3.15. The lowest BCUT2D eigenvalue weighted by Gasteiger charge is -2.18. The highest BCUT2D eigenvalue weighted by atomic mass is 16.6. The number of hydrogen-bond donors (Lipinski definition) is 0. The van der Waals surface area contributed by atoms with Gasteiger partial charge in [0.2, 0.25) is 0 Å². The van der Waals surface area contributed by atoms with E-state index in [2.05, 4.69) is 93.7 Å². The molecular formula is C51H86O6. The van der Waals surface area contributed by atoms with Crippen LogP contribution >= 0.6 is 0 Å². The molecule has 0 aliphatic carbocycles. The Kier molecular flexibility index (Phi) is 43.0. The third kappa shape index (κ3) is 43.8. The van der Waals surface area contributed by atoms with Gasteiger partial charge in [-0.05, 0) is 83.5 Å². The van der Waals surface area contributed by atoms with Crippen molar-refractivity contribution in [3.8, 4) is 0 Å². The third-order valence-electron chi connectivity index (χ3n) is 9.70. The van der Waals surface area contributed by atoms with Crippen LogP contribution in [0.3, 0.4) is 0 Å². The number of rotatable bonds is 41. The molecule has 1 unspecified atom stereocenters. The van der Waals surface area contributed by atoms with Crippen LogP contribution in [0.1, 0.15) is 213 Å². The van der Waals surface area contributed by atoms with E-state index in [4.69, 9.17) is 14.2 Å². The van der Waals surface area contributed by atoms with Gasteiger partial charge in [0.25, 0.3) is 0 Å². The summed E-state index contributed by atoms with van der Waals surface area (Å²) in [6.07, 6.45) is 56.0. The lowest BCUT2D eigenvalue weighted by Crippen LogP contribution is -2.30. The van der Waals surface area contributed by atoms with Crippen molar-refractivity contribution in [1.29, 1.82) is 0 Å². The summed E-state index contributed by atoms with van der Waals surface area (Å²) in [6.45, 7) is 6.41. The van der Waals surface area contributed by atoms with Gasteiger partial charge in [0.15, 0.2) is 6.10 Å². The Labute approximate surface area is 351 Å². The standard InChI is InChI=1S/C51H86O6/c1-4-7-10-13-16-19-22-24-25-26-27-28-30-32-35-38-41-44-50(53)56-47-48(46-55-49(52)43-40-37-34-31-21-18-15-12-9-6-3)57-51(54)45-42-39-36-33-29-23-20-17-14-11-8-5-2/h8,11,16-17,19-20,24-25,27-28,32,35,48H,4-7,9-10,12-15,18,21-23,26,29-31,33-34,36-47H2,1-3H3/b11-8-,19-16-,20-17-,25-24-,28-27-,35-32-.